The summed E-state index contributed by atoms with van der Waals surface area (Å²) in [7, 11) is -3.20. The molecule has 1 rings (SSSR count). The van der Waals surface area contributed by atoms with Gasteiger partial charge in [-0.1, -0.05) is 13.8 Å². The van der Waals surface area contributed by atoms with Gasteiger partial charge in [-0.15, -0.1) is 0 Å². The topological polar surface area (TPSA) is 61.4 Å². The van der Waals surface area contributed by atoms with Gasteiger partial charge in [0.05, 0.1) is 5.25 Å². The van der Waals surface area contributed by atoms with E-state index in [9.17, 15) is 8.42 Å². The standard InChI is InChI=1S/C14H31N3O2S/c1-4-7-15-11-14(3)20(18,19)16-10-13(2)12-17-8-5-6-9-17/h13-16H,4-12H2,1-3H3. The van der Waals surface area contributed by atoms with Crippen LogP contribution in [-0.2, 0) is 10.0 Å². The van der Waals surface area contributed by atoms with Gasteiger partial charge in [0.1, 0.15) is 0 Å². The Morgan fingerprint density at radius 2 is 1.80 bits per heavy atom. The minimum absolute atomic E-state index is 0.360. The SMILES string of the molecule is CCCNCC(C)S(=O)(=O)NCC(C)CN1CCCC1. The highest BCUT2D eigenvalue weighted by atomic mass is 32.2. The Morgan fingerprint density at radius 1 is 1.15 bits per heavy atom. The highest BCUT2D eigenvalue weighted by molar-refractivity contribution is 7.90. The molecule has 0 aromatic heterocycles. The Kier molecular flexibility index (Phi) is 8.02. The molecule has 1 heterocycles. The summed E-state index contributed by atoms with van der Waals surface area (Å²) in [4.78, 5) is 2.42. The Hall–Kier alpha value is -0.170. The molecule has 0 saturated carbocycles. The fraction of sp³-hybridized carbons (Fsp3) is 1.00. The Balaban J connectivity index is 2.26. The molecule has 0 spiro atoms. The summed E-state index contributed by atoms with van der Waals surface area (Å²) in [5.74, 6) is 0.360. The molecule has 2 atom stereocenters. The van der Waals surface area contributed by atoms with Gasteiger partial charge in [0.2, 0.25) is 10.0 Å². The first-order valence-electron chi connectivity index (χ1n) is 7.87. The molecule has 0 radical (unpaired) electrons. The van der Waals surface area contributed by atoms with Gasteiger partial charge in [0.25, 0.3) is 0 Å². The maximum atomic E-state index is 12.1. The summed E-state index contributed by atoms with van der Waals surface area (Å²) in [6.45, 7) is 11.2. The lowest BCUT2D eigenvalue weighted by atomic mass is 10.2. The second kappa shape index (κ2) is 8.97. The van der Waals surface area contributed by atoms with Gasteiger partial charge < -0.3 is 10.2 Å². The molecule has 0 amide bonds. The molecule has 120 valence electrons. The van der Waals surface area contributed by atoms with Crippen LogP contribution < -0.4 is 10.0 Å². The molecule has 0 aromatic carbocycles. The molecule has 1 fully saturated rings. The van der Waals surface area contributed by atoms with Crippen molar-refractivity contribution >= 4 is 10.0 Å². The van der Waals surface area contributed by atoms with Crippen LogP contribution in [0.5, 0.6) is 0 Å². The summed E-state index contributed by atoms with van der Waals surface area (Å²) in [6, 6.07) is 0. The summed E-state index contributed by atoms with van der Waals surface area (Å²) in [6.07, 6.45) is 3.57. The predicted octanol–water partition coefficient (Wildman–Crippen LogP) is 1.03. The number of likely N-dealkylation sites (tertiary alicyclic amines) is 1. The monoisotopic (exact) mass is 305 g/mol. The van der Waals surface area contributed by atoms with Crippen LogP contribution in [0.2, 0.25) is 0 Å². The quantitative estimate of drug-likeness (QED) is 0.592. The number of sulfonamides is 1. The van der Waals surface area contributed by atoms with E-state index in [4.69, 9.17) is 0 Å². The number of nitrogens with one attached hydrogen (secondary N) is 2. The molecular formula is C14H31N3O2S. The first-order valence-corrected chi connectivity index (χ1v) is 9.42. The van der Waals surface area contributed by atoms with Crippen molar-refractivity contribution in [1.82, 2.24) is 14.9 Å². The van der Waals surface area contributed by atoms with Crippen molar-refractivity contribution in [2.75, 3.05) is 39.3 Å². The van der Waals surface area contributed by atoms with Crippen LogP contribution in [0.3, 0.4) is 0 Å². The first kappa shape index (κ1) is 17.9. The van der Waals surface area contributed by atoms with E-state index in [1.807, 2.05) is 0 Å². The fourth-order valence-corrected chi connectivity index (χ4v) is 3.60. The Bertz CT molecular complexity index is 353. The average molecular weight is 305 g/mol. The molecule has 1 aliphatic heterocycles. The second-order valence-electron chi connectivity index (χ2n) is 6.02. The van der Waals surface area contributed by atoms with E-state index in [-0.39, 0.29) is 5.25 Å². The third-order valence-corrected chi connectivity index (χ3v) is 5.58. The summed E-state index contributed by atoms with van der Waals surface area (Å²) in [5, 5.41) is 2.78. The van der Waals surface area contributed by atoms with E-state index in [0.29, 0.717) is 19.0 Å². The van der Waals surface area contributed by atoms with Crippen molar-refractivity contribution in [2.45, 2.75) is 45.3 Å². The minimum atomic E-state index is -3.20. The van der Waals surface area contributed by atoms with E-state index >= 15 is 0 Å². The van der Waals surface area contributed by atoms with Crippen LogP contribution in [0.1, 0.15) is 40.0 Å². The molecule has 0 aliphatic carbocycles. The van der Waals surface area contributed by atoms with E-state index in [0.717, 1.165) is 32.6 Å². The third-order valence-electron chi connectivity index (χ3n) is 3.79. The number of rotatable bonds is 10. The zero-order chi connectivity index (χ0) is 15.0. The molecule has 1 aliphatic rings. The van der Waals surface area contributed by atoms with Crippen LogP contribution in [0.25, 0.3) is 0 Å². The summed E-state index contributed by atoms with van der Waals surface area (Å²) < 4.78 is 27.0. The van der Waals surface area contributed by atoms with Gasteiger partial charge in [-0.05, 0) is 51.7 Å². The van der Waals surface area contributed by atoms with Gasteiger partial charge in [0.15, 0.2) is 0 Å². The summed E-state index contributed by atoms with van der Waals surface area (Å²) >= 11 is 0. The van der Waals surface area contributed by atoms with E-state index in [1.165, 1.54) is 12.8 Å². The first-order chi connectivity index (χ1) is 9.45. The molecule has 0 bridgehead atoms. The van der Waals surface area contributed by atoms with Gasteiger partial charge >= 0.3 is 0 Å². The largest absolute Gasteiger partial charge is 0.315 e. The van der Waals surface area contributed by atoms with Crippen molar-refractivity contribution < 1.29 is 8.42 Å². The van der Waals surface area contributed by atoms with Crippen LogP contribution in [-0.4, -0.2) is 57.8 Å². The predicted molar refractivity (Wildman–Crippen MR) is 84.4 cm³/mol. The zero-order valence-electron chi connectivity index (χ0n) is 13.2. The second-order valence-corrected chi connectivity index (χ2v) is 8.20. The highest BCUT2D eigenvalue weighted by Crippen LogP contribution is 2.10. The number of nitrogens with zero attached hydrogens (tertiary/aromatic N) is 1. The normalized spacial score (nSPS) is 20.1. The van der Waals surface area contributed by atoms with Crippen molar-refractivity contribution in [3.05, 3.63) is 0 Å². The molecule has 5 nitrogen and oxygen atoms in total. The number of hydrogen-bond acceptors (Lipinski definition) is 4. The van der Waals surface area contributed by atoms with Crippen LogP contribution in [0.15, 0.2) is 0 Å². The molecule has 2 unspecified atom stereocenters. The van der Waals surface area contributed by atoms with Gasteiger partial charge in [-0.25, -0.2) is 13.1 Å². The molecule has 2 N–H and O–H groups in total. The van der Waals surface area contributed by atoms with Crippen molar-refractivity contribution in [1.29, 1.82) is 0 Å². The van der Waals surface area contributed by atoms with E-state index in [2.05, 4.69) is 28.8 Å². The van der Waals surface area contributed by atoms with Gasteiger partial charge in [-0.3, -0.25) is 0 Å². The van der Waals surface area contributed by atoms with Crippen LogP contribution in [0.4, 0.5) is 0 Å². The molecular weight excluding hydrogens is 274 g/mol. The minimum Gasteiger partial charge on any atom is -0.315 e. The molecule has 0 aromatic rings. The third kappa shape index (κ3) is 6.52. The smallest absolute Gasteiger partial charge is 0.215 e. The maximum Gasteiger partial charge on any atom is 0.215 e. The van der Waals surface area contributed by atoms with Crippen molar-refractivity contribution in [3.63, 3.8) is 0 Å². The summed E-state index contributed by atoms with van der Waals surface area (Å²) in [5.41, 5.74) is 0. The molecule has 20 heavy (non-hydrogen) atoms. The van der Waals surface area contributed by atoms with E-state index in [1.54, 1.807) is 6.92 Å². The van der Waals surface area contributed by atoms with Crippen LogP contribution in [0, 0.1) is 5.92 Å². The lowest BCUT2D eigenvalue weighted by Gasteiger charge is -2.21. The molecule has 6 heteroatoms. The van der Waals surface area contributed by atoms with Crippen molar-refractivity contribution in [2.24, 2.45) is 5.92 Å². The number of hydrogen-bond donors (Lipinski definition) is 2. The zero-order valence-corrected chi connectivity index (χ0v) is 14.0. The van der Waals surface area contributed by atoms with E-state index < -0.39 is 10.0 Å². The molecule has 1 saturated heterocycles. The Morgan fingerprint density at radius 3 is 2.40 bits per heavy atom. The van der Waals surface area contributed by atoms with Gasteiger partial charge in [0, 0.05) is 19.6 Å². The van der Waals surface area contributed by atoms with Crippen molar-refractivity contribution in [3.8, 4) is 0 Å². The highest BCUT2D eigenvalue weighted by Gasteiger charge is 2.21. The van der Waals surface area contributed by atoms with Gasteiger partial charge in [-0.2, -0.15) is 0 Å². The lowest BCUT2D eigenvalue weighted by Crippen LogP contribution is -2.42. The Labute approximate surface area is 124 Å². The lowest BCUT2D eigenvalue weighted by molar-refractivity contribution is 0.288. The average Bonchev–Trinajstić information content (AvgIpc) is 2.89. The van der Waals surface area contributed by atoms with Crippen LogP contribution >= 0.6 is 0 Å². The fourth-order valence-electron chi connectivity index (χ4n) is 2.46. The maximum absolute atomic E-state index is 12.1.